The van der Waals surface area contributed by atoms with Gasteiger partial charge >= 0.3 is 0 Å². The molecule has 1 fully saturated rings. The summed E-state index contributed by atoms with van der Waals surface area (Å²) in [5.41, 5.74) is 2.01. The molecule has 0 radical (unpaired) electrons. The van der Waals surface area contributed by atoms with Crippen molar-refractivity contribution in [3.05, 3.63) is 78.1 Å². The first-order valence-corrected chi connectivity index (χ1v) is 9.08. The van der Waals surface area contributed by atoms with Gasteiger partial charge in [0, 0.05) is 51.0 Å². The van der Waals surface area contributed by atoms with Crippen LogP contribution in [-0.4, -0.2) is 59.3 Å². The Hall–Kier alpha value is -2.99. The Morgan fingerprint density at radius 1 is 1.11 bits per heavy atom. The average Bonchev–Trinajstić information content (AvgIpc) is 2.73. The number of aromatic nitrogens is 1. The van der Waals surface area contributed by atoms with Gasteiger partial charge in [0.25, 0.3) is 11.8 Å². The molecule has 2 amide bonds. The molecule has 3 rings (SSSR count). The van der Waals surface area contributed by atoms with Crippen LogP contribution in [0.3, 0.4) is 0 Å². The summed E-state index contributed by atoms with van der Waals surface area (Å²) in [7, 11) is 0. The lowest BCUT2D eigenvalue weighted by Gasteiger charge is -2.34. The topological polar surface area (TPSA) is 65.5 Å². The zero-order chi connectivity index (χ0) is 19.1. The maximum atomic E-state index is 12.8. The first kappa shape index (κ1) is 18.8. The van der Waals surface area contributed by atoms with E-state index in [0.29, 0.717) is 30.9 Å². The van der Waals surface area contributed by atoms with Crippen LogP contribution in [0.1, 0.15) is 26.4 Å². The first-order chi connectivity index (χ1) is 13.2. The molecule has 0 saturated carbocycles. The maximum absolute atomic E-state index is 12.8. The molecule has 6 heteroatoms. The number of piperazine rings is 1. The summed E-state index contributed by atoms with van der Waals surface area (Å²) in [6, 6.07) is 13.5. The number of benzene rings is 1. The molecule has 27 heavy (non-hydrogen) atoms. The SMILES string of the molecule is C=CCNC(=O)c1ccnc(C(=O)N2CCN(Cc3ccccc3)CC2)c1. The fourth-order valence-electron chi connectivity index (χ4n) is 3.07. The molecule has 140 valence electrons. The van der Waals surface area contributed by atoms with Crippen LogP contribution in [0.2, 0.25) is 0 Å². The van der Waals surface area contributed by atoms with Gasteiger partial charge in [-0.1, -0.05) is 36.4 Å². The highest BCUT2D eigenvalue weighted by atomic mass is 16.2. The molecule has 1 aromatic heterocycles. The molecule has 2 heterocycles. The summed E-state index contributed by atoms with van der Waals surface area (Å²) in [5.74, 6) is -0.369. The third-order valence-electron chi connectivity index (χ3n) is 4.56. The van der Waals surface area contributed by atoms with Crippen molar-refractivity contribution in [2.75, 3.05) is 32.7 Å². The minimum absolute atomic E-state index is 0.132. The Morgan fingerprint density at radius 3 is 2.56 bits per heavy atom. The molecule has 0 bridgehead atoms. The number of carbonyl (C=O) groups excluding carboxylic acids is 2. The number of amides is 2. The summed E-state index contributed by atoms with van der Waals surface area (Å²) >= 11 is 0. The van der Waals surface area contributed by atoms with Crippen LogP contribution in [0.5, 0.6) is 0 Å². The second-order valence-electron chi connectivity index (χ2n) is 6.48. The number of hydrogen-bond donors (Lipinski definition) is 1. The van der Waals surface area contributed by atoms with E-state index < -0.39 is 0 Å². The quantitative estimate of drug-likeness (QED) is 0.796. The minimum atomic E-state index is -0.237. The van der Waals surface area contributed by atoms with Gasteiger partial charge in [-0.2, -0.15) is 0 Å². The van der Waals surface area contributed by atoms with E-state index in [9.17, 15) is 9.59 Å². The molecule has 1 saturated heterocycles. The Balaban J connectivity index is 1.57. The maximum Gasteiger partial charge on any atom is 0.272 e. The molecule has 1 aliphatic heterocycles. The lowest BCUT2D eigenvalue weighted by atomic mass is 10.1. The molecule has 0 atom stereocenters. The van der Waals surface area contributed by atoms with Crippen LogP contribution in [0.25, 0.3) is 0 Å². The summed E-state index contributed by atoms with van der Waals surface area (Å²) in [5, 5.41) is 2.71. The third-order valence-corrected chi connectivity index (χ3v) is 4.56. The predicted molar refractivity (Wildman–Crippen MR) is 104 cm³/mol. The van der Waals surface area contributed by atoms with E-state index in [1.807, 2.05) is 18.2 Å². The lowest BCUT2D eigenvalue weighted by molar-refractivity contribution is 0.0622. The minimum Gasteiger partial charge on any atom is -0.349 e. The van der Waals surface area contributed by atoms with Gasteiger partial charge in [0.15, 0.2) is 0 Å². The van der Waals surface area contributed by atoms with Crippen molar-refractivity contribution in [1.29, 1.82) is 0 Å². The molecule has 1 N–H and O–H groups in total. The molecule has 2 aromatic rings. The van der Waals surface area contributed by atoms with Gasteiger partial charge in [-0.25, -0.2) is 0 Å². The number of carbonyl (C=O) groups is 2. The van der Waals surface area contributed by atoms with Crippen molar-refractivity contribution in [3.63, 3.8) is 0 Å². The third kappa shape index (κ3) is 5.01. The summed E-state index contributed by atoms with van der Waals surface area (Å²) in [6.07, 6.45) is 3.11. The van der Waals surface area contributed by atoms with Gasteiger partial charge < -0.3 is 10.2 Å². The Morgan fingerprint density at radius 2 is 1.85 bits per heavy atom. The Bertz CT molecular complexity index is 799. The van der Waals surface area contributed by atoms with Crippen LogP contribution < -0.4 is 5.32 Å². The van der Waals surface area contributed by atoms with E-state index in [2.05, 4.69) is 33.9 Å². The van der Waals surface area contributed by atoms with Gasteiger partial charge in [0.05, 0.1) is 0 Å². The fraction of sp³-hybridized carbons (Fsp3) is 0.286. The van der Waals surface area contributed by atoms with E-state index in [1.165, 1.54) is 11.8 Å². The van der Waals surface area contributed by atoms with Crippen LogP contribution in [-0.2, 0) is 6.54 Å². The van der Waals surface area contributed by atoms with Crippen LogP contribution in [0.4, 0.5) is 0 Å². The second-order valence-corrected chi connectivity index (χ2v) is 6.48. The number of nitrogens with zero attached hydrogens (tertiary/aromatic N) is 3. The number of nitrogens with one attached hydrogen (secondary N) is 1. The van der Waals surface area contributed by atoms with Crippen LogP contribution >= 0.6 is 0 Å². The zero-order valence-electron chi connectivity index (χ0n) is 15.3. The zero-order valence-corrected chi connectivity index (χ0v) is 15.3. The molecular formula is C21H24N4O2. The van der Waals surface area contributed by atoms with Gasteiger partial charge in [-0.15, -0.1) is 6.58 Å². The monoisotopic (exact) mass is 364 g/mol. The van der Waals surface area contributed by atoms with Crippen molar-refractivity contribution in [2.24, 2.45) is 0 Å². The number of pyridine rings is 1. The largest absolute Gasteiger partial charge is 0.349 e. The van der Waals surface area contributed by atoms with E-state index in [4.69, 9.17) is 0 Å². The van der Waals surface area contributed by atoms with Crippen LogP contribution in [0, 0.1) is 0 Å². The van der Waals surface area contributed by atoms with Crippen molar-refractivity contribution in [2.45, 2.75) is 6.54 Å². The highest BCUT2D eigenvalue weighted by molar-refractivity contribution is 5.98. The molecule has 0 unspecified atom stereocenters. The van der Waals surface area contributed by atoms with Crippen molar-refractivity contribution in [3.8, 4) is 0 Å². The second kappa shape index (κ2) is 9.09. The van der Waals surface area contributed by atoms with Crippen molar-refractivity contribution in [1.82, 2.24) is 20.1 Å². The number of rotatable bonds is 6. The van der Waals surface area contributed by atoms with E-state index in [-0.39, 0.29) is 11.8 Å². The van der Waals surface area contributed by atoms with Crippen LogP contribution in [0.15, 0.2) is 61.3 Å². The summed E-state index contributed by atoms with van der Waals surface area (Å²) in [6.45, 7) is 7.79. The van der Waals surface area contributed by atoms with Gasteiger partial charge in [0.2, 0.25) is 0 Å². The normalized spacial score (nSPS) is 14.6. The average molecular weight is 364 g/mol. The van der Waals surface area contributed by atoms with Crippen molar-refractivity contribution >= 4 is 11.8 Å². The molecule has 1 aromatic carbocycles. The molecular weight excluding hydrogens is 340 g/mol. The number of hydrogen-bond acceptors (Lipinski definition) is 4. The first-order valence-electron chi connectivity index (χ1n) is 9.08. The smallest absolute Gasteiger partial charge is 0.272 e. The molecule has 0 aliphatic carbocycles. The highest BCUT2D eigenvalue weighted by Crippen LogP contribution is 2.11. The Kier molecular flexibility index (Phi) is 6.33. The summed E-state index contributed by atoms with van der Waals surface area (Å²) < 4.78 is 0. The predicted octanol–water partition coefficient (Wildman–Crippen LogP) is 1.96. The van der Waals surface area contributed by atoms with Gasteiger partial charge in [-0.3, -0.25) is 19.5 Å². The van der Waals surface area contributed by atoms with Gasteiger partial charge in [0.1, 0.15) is 5.69 Å². The fourth-order valence-corrected chi connectivity index (χ4v) is 3.07. The van der Waals surface area contributed by atoms with E-state index in [0.717, 1.165) is 19.6 Å². The van der Waals surface area contributed by atoms with Crippen molar-refractivity contribution < 1.29 is 9.59 Å². The van der Waals surface area contributed by atoms with E-state index >= 15 is 0 Å². The Labute approximate surface area is 159 Å². The lowest BCUT2D eigenvalue weighted by Crippen LogP contribution is -2.48. The molecule has 0 spiro atoms. The van der Waals surface area contributed by atoms with Gasteiger partial charge in [-0.05, 0) is 17.7 Å². The molecule has 1 aliphatic rings. The van der Waals surface area contributed by atoms with E-state index in [1.54, 1.807) is 23.1 Å². The summed E-state index contributed by atoms with van der Waals surface area (Å²) in [4.78, 5) is 33.1. The molecule has 6 nitrogen and oxygen atoms in total. The highest BCUT2D eigenvalue weighted by Gasteiger charge is 2.23. The standard InChI is InChI=1S/C21H24N4O2/c1-2-9-23-20(26)18-8-10-22-19(15-18)21(27)25-13-11-24(12-14-25)16-17-6-4-3-5-7-17/h2-8,10,15H,1,9,11-14,16H2,(H,23,26).